The van der Waals surface area contributed by atoms with Gasteiger partial charge in [-0.05, 0) is 6.42 Å². The summed E-state index contributed by atoms with van der Waals surface area (Å²) in [4.78, 5) is 16.2. The molecule has 3 rings (SSSR count). The smallest absolute Gasteiger partial charge is 0.220 e. The normalized spacial score (nSPS) is 23.3. The fraction of sp³-hybridized carbons (Fsp3) is 0.714. The zero-order valence-electron chi connectivity index (χ0n) is 11.7. The van der Waals surface area contributed by atoms with Gasteiger partial charge in [0.25, 0.3) is 0 Å². The first kappa shape index (κ1) is 12.7. The van der Waals surface area contributed by atoms with Crippen LogP contribution in [0.25, 0.3) is 0 Å². The Hall–Kier alpha value is -1.36. The van der Waals surface area contributed by atoms with Crippen LogP contribution in [0.4, 0.5) is 0 Å². The lowest BCUT2D eigenvalue weighted by Crippen LogP contribution is -2.38. The Bertz CT molecular complexity index is 482. The van der Waals surface area contributed by atoms with Crippen molar-refractivity contribution < 1.29 is 4.79 Å². The maximum Gasteiger partial charge on any atom is 0.220 e. The van der Waals surface area contributed by atoms with Crippen molar-refractivity contribution in [3.8, 4) is 0 Å². The third-order valence-electron chi connectivity index (χ3n) is 4.07. The van der Waals surface area contributed by atoms with Gasteiger partial charge in [0.05, 0.1) is 11.7 Å². The van der Waals surface area contributed by atoms with Gasteiger partial charge in [0.1, 0.15) is 5.82 Å². The number of aromatic nitrogens is 2. The van der Waals surface area contributed by atoms with Crippen molar-refractivity contribution in [2.45, 2.75) is 51.6 Å². The second-order valence-electron chi connectivity index (χ2n) is 5.81. The van der Waals surface area contributed by atoms with E-state index in [-0.39, 0.29) is 5.91 Å². The molecule has 5 nitrogen and oxygen atoms in total. The summed E-state index contributed by atoms with van der Waals surface area (Å²) in [6.45, 7) is 7.03. The van der Waals surface area contributed by atoms with E-state index in [4.69, 9.17) is 4.98 Å². The number of hydrogen-bond donors (Lipinski definition) is 2. The number of amides is 1. The van der Waals surface area contributed by atoms with Gasteiger partial charge in [0, 0.05) is 44.1 Å². The van der Waals surface area contributed by atoms with Gasteiger partial charge in [-0.15, -0.1) is 0 Å². The lowest BCUT2D eigenvalue weighted by molar-refractivity contribution is -0.122. The number of carbonyl (C=O) groups excluding carboxylic acids is 1. The predicted molar refractivity (Wildman–Crippen MR) is 73.0 cm³/mol. The van der Waals surface area contributed by atoms with Crippen molar-refractivity contribution in [1.82, 2.24) is 20.2 Å². The predicted octanol–water partition coefficient (Wildman–Crippen LogP) is 1.10. The Kier molecular flexibility index (Phi) is 3.31. The number of carbonyl (C=O) groups is 1. The van der Waals surface area contributed by atoms with Crippen LogP contribution in [-0.4, -0.2) is 28.5 Å². The summed E-state index contributed by atoms with van der Waals surface area (Å²) >= 11 is 0. The highest BCUT2D eigenvalue weighted by atomic mass is 16.1. The van der Waals surface area contributed by atoms with E-state index in [9.17, 15) is 4.79 Å². The van der Waals surface area contributed by atoms with Gasteiger partial charge >= 0.3 is 0 Å². The number of nitrogens with one attached hydrogen (secondary N) is 2. The summed E-state index contributed by atoms with van der Waals surface area (Å²) in [6.07, 6.45) is 2.61. The molecule has 5 heteroatoms. The number of nitrogens with zero attached hydrogens (tertiary/aromatic N) is 2. The molecular weight excluding hydrogens is 240 g/mol. The fourth-order valence-electron chi connectivity index (χ4n) is 3.11. The molecule has 2 aliphatic heterocycles. The first-order valence-electron chi connectivity index (χ1n) is 7.24. The molecule has 1 aromatic rings. The number of hydrogen-bond acceptors (Lipinski definition) is 3. The Balaban J connectivity index is 1.98. The molecule has 1 amide bonds. The van der Waals surface area contributed by atoms with E-state index in [2.05, 4.69) is 29.0 Å². The van der Waals surface area contributed by atoms with Crippen LogP contribution in [0.1, 0.15) is 55.9 Å². The minimum absolute atomic E-state index is 0.179. The number of piperidine rings is 1. The molecule has 0 saturated carbocycles. The Morgan fingerprint density at radius 2 is 2.21 bits per heavy atom. The van der Waals surface area contributed by atoms with E-state index in [0.29, 0.717) is 18.4 Å². The summed E-state index contributed by atoms with van der Waals surface area (Å²) in [7, 11) is 0. The molecule has 104 valence electrons. The van der Waals surface area contributed by atoms with Crippen LogP contribution in [0.3, 0.4) is 0 Å². The molecule has 2 N–H and O–H groups in total. The summed E-state index contributed by atoms with van der Waals surface area (Å²) in [5, 5.41) is 6.37. The molecular formula is C14H22N4O. The molecule has 19 heavy (non-hydrogen) atoms. The molecule has 1 unspecified atom stereocenters. The topological polar surface area (TPSA) is 59.0 Å². The molecule has 1 atom stereocenters. The lowest BCUT2D eigenvalue weighted by atomic mass is 10.0. The minimum atomic E-state index is 0.179. The molecule has 0 aliphatic carbocycles. The third kappa shape index (κ3) is 2.27. The van der Waals surface area contributed by atoms with Crippen LogP contribution in [0, 0.1) is 0 Å². The first-order valence-corrected chi connectivity index (χ1v) is 7.24. The van der Waals surface area contributed by atoms with Crippen molar-refractivity contribution in [3.63, 3.8) is 0 Å². The zero-order chi connectivity index (χ0) is 13.4. The number of imidazole rings is 1. The van der Waals surface area contributed by atoms with E-state index < -0.39 is 0 Å². The highest BCUT2D eigenvalue weighted by Gasteiger charge is 2.28. The molecule has 3 heterocycles. The maximum absolute atomic E-state index is 11.3. The summed E-state index contributed by atoms with van der Waals surface area (Å²) in [5.74, 6) is 1.77. The third-order valence-corrected chi connectivity index (χ3v) is 4.07. The van der Waals surface area contributed by atoms with Crippen molar-refractivity contribution in [2.24, 2.45) is 0 Å². The monoisotopic (exact) mass is 262 g/mol. The molecule has 2 aliphatic rings. The standard InChI is InChI=1S/C14H22N4O/c1-9(2)14-17-11-8-15-6-5-12(11)18(14)10-3-4-13(19)16-7-10/h9-10,15H,3-8H2,1-2H3,(H,16,19). The highest BCUT2D eigenvalue weighted by molar-refractivity contribution is 5.76. The van der Waals surface area contributed by atoms with Gasteiger partial charge in [0.15, 0.2) is 0 Å². The quantitative estimate of drug-likeness (QED) is 0.839. The average Bonchev–Trinajstić information content (AvgIpc) is 2.79. The average molecular weight is 262 g/mol. The zero-order valence-corrected chi connectivity index (χ0v) is 11.7. The largest absolute Gasteiger partial charge is 0.354 e. The molecule has 0 bridgehead atoms. The molecule has 1 saturated heterocycles. The second-order valence-corrected chi connectivity index (χ2v) is 5.81. The molecule has 0 spiro atoms. The highest BCUT2D eigenvalue weighted by Crippen LogP contribution is 2.29. The van der Waals surface area contributed by atoms with Crippen molar-refractivity contribution in [1.29, 1.82) is 0 Å². The Morgan fingerprint density at radius 3 is 2.89 bits per heavy atom. The van der Waals surface area contributed by atoms with Crippen molar-refractivity contribution in [2.75, 3.05) is 13.1 Å². The molecule has 0 radical (unpaired) electrons. The van der Waals surface area contributed by atoms with Crippen LogP contribution < -0.4 is 10.6 Å². The van der Waals surface area contributed by atoms with Gasteiger partial charge in [-0.25, -0.2) is 4.98 Å². The fourth-order valence-corrected chi connectivity index (χ4v) is 3.11. The van der Waals surface area contributed by atoms with E-state index >= 15 is 0 Å². The van der Waals surface area contributed by atoms with Crippen molar-refractivity contribution in [3.05, 3.63) is 17.2 Å². The van der Waals surface area contributed by atoms with E-state index in [1.165, 1.54) is 17.2 Å². The van der Waals surface area contributed by atoms with Gasteiger partial charge in [-0.1, -0.05) is 13.8 Å². The first-order chi connectivity index (χ1) is 9.16. The SMILES string of the molecule is CC(C)c1nc2c(n1C1CCC(=O)NC1)CCNC2. The van der Waals surface area contributed by atoms with Crippen LogP contribution in [0.2, 0.25) is 0 Å². The summed E-state index contributed by atoms with van der Waals surface area (Å²) in [6, 6.07) is 0.379. The van der Waals surface area contributed by atoms with Crippen LogP contribution in [0.5, 0.6) is 0 Å². The van der Waals surface area contributed by atoms with E-state index in [1.54, 1.807) is 0 Å². The number of fused-ring (bicyclic) bond motifs is 1. The maximum atomic E-state index is 11.3. The molecule has 0 aromatic carbocycles. The Morgan fingerprint density at radius 1 is 1.37 bits per heavy atom. The van der Waals surface area contributed by atoms with Gasteiger partial charge in [-0.3, -0.25) is 4.79 Å². The summed E-state index contributed by atoms with van der Waals surface area (Å²) < 4.78 is 2.42. The van der Waals surface area contributed by atoms with Crippen LogP contribution in [0.15, 0.2) is 0 Å². The second kappa shape index (κ2) is 4.96. The van der Waals surface area contributed by atoms with E-state index in [0.717, 1.165) is 32.5 Å². The van der Waals surface area contributed by atoms with Gasteiger partial charge in [-0.2, -0.15) is 0 Å². The molecule has 1 aromatic heterocycles. The van der Waals surface area contributed by atoms with E-state index in [1.807, 2.05) is 0 Å². The number of rotatable bonds is 2. The van der Waals surface area contributed by atoms with Gasteiger partial charge in [0.2, 0.25) is 5.91 Å². The van der Waals surface area contributed by atoms with Crippen LogP contribution >= 0.6 is 0 Å². The summed E-state index contributed by atoms with van der Waals surface area (Å²) in [5.41, 5.74) is 2.58. The van der Waals surface area contributed by atoms with Crippen molar-refractivity contribution >= 4 is 5.91 Å². The van der Waals surface area contributed by atoms with Gasteiger partial charge < -0.3 is 15.2 Å². The van der Waals surface area contributed by atoms with Crippen LogP contribution in [-0.2, 0) is 17.8 Å². The minimum Gasteiger partial charge on any atom is -0.354 e. The Labute approximate surface area is 113 Å². The molecule has 1 fully saturated rings. The lowest BCUT2D eigenvalue weighted by Gasteiger charge is -2.28.